The fraction of sp³-hybridized carbons (Fsp3) is 0.471. The first kappa shape index (κ1) is 15.3. The van der Waals surface area contributed by atoms with Crippen LogP contribution in [0, 0.1) is 25.7 Å². The van der Waals surface area contributed by atoms with Gasteiger partial charge in [-0.05, 0) is 49.3 Å². The molecule has 2 aliphatic rings. The van der Waals surface area contributed by atoms with Crippen LogP contribution in [0.4, 0.5) is 0 Å². The molecular weight excluding hydrogens is 396 g/mol. The van der Waals surface area contributed by atoms with Crippen molar-refractivity contribution in [1.82, 2.24) is 0 Å². The Morgan fingerprint density at radius 2 is 1.81 bits per heavy atom. The lowest BCUT2D eigenvalue weighted by atomic mass is 9.77. The number of ketones is 1. The van der Waals surface area contributed by atoms with Crippen LogP contribution in [0.5, 0.6) is 5.75 Å². The lowest BCUT2D eigenvalue weighted by Crippen LogP contribution is -2.23. The minimum absolute atomic E-state index is 0.0271. The maximum atomic E-state index is 12.3. The van der Waals surface area contributed by atoms with Crippen molar-refractivity contribution in [3.8, 4) is 5.75 Å². The quantitative estimate of drug-likeness (QED) is 0.533. The number of alkyl halides is 2. The molecule has 0 spiro atoms. The molecule has 21 heavy (non-hydrogen) atoms. The Bertz CT molecular complexity index is 611. The fourth-order valence-electron chi connectivity index (χ4n) is 3.60. The number of hydrogen-bond acceptors (Lipinski definition) is 2. The molecule has 0 aliphatic heterocycles. The molecule has 3 rings (SSSR count). The van der Waals surface area contributed by atoms with E-state index in [-0.39, 0.29) is 11.7 Å². The number of aromatic hydroxyl groups is 1. The van der Waals surface area contributed by atoms with Gasteiger partial charge in [0.15, 0.2) is 5.78 Å². The molecule has 1 fully saturated rings. The van der Waals surface area contributed by atoms with Gasteiger partial charge in [-0.3, -0.25) is 4.79 Å². The summed E-state index contributed by atoms with van der Waals surface area (Å²) in [6, 6.07) is 4.12. The van der Waals surface area contributed by atoms with Crippen molar-refractivity contribution in [2.45, 2.75) is 35.8 Å². The third kappa shape index (κ3) is 2.61. The number of carbonyl (C=O) groups is 1. The van der Waals surface area contributed by atoms with E-state index in [0.29, 0.717) is 17.6 Å². The first-order chi connectivity index (χ1) is 9.79. The van der Waals surface area contributed by atoms with Gasteiger partial charge in [0.2, 0.25) is 0 Å². The van der Waals surface area contributed by atoms with Crippen molar-refractivity contribution in [2.24, 2.45) is 11.8 Å². The summed E-state index contributed by atoms with van der Waals surface area (Å²) in [7, 11) is 0. The van der Waals surface area contributed by atoms with E-state index in [4.69, 9.17) is 0 Å². The van der Waals surface area contributed by atoms with Gasteiger partial charge in [-0.1, -0.05) is 56.1 Å². The maximum absolute atomic E-state index is 12.3. The summed E-state index contributed by atoms with van der Waals surface area (Å²) in [5.74, 6) is 1.35. The molecule has 2 nitrogen and oxygen atoms in total. The summed E-state index contributed by atoms with van der Waals surface area (Å²) in [6.07, 6.45) is 6.04. The molecule has 1 saturated carbocycles. The molecule has 112 valence electrons. The number of phenols is 1. The number of halogens is 2. The zero-order valence-corrected chi connectivity index (χ0v) is 15.2. The summed E-state index contributed by atoms with van der Waals surface area (Å²) in [5, 5.41) is 9.91. The predicted octanol–water partition coefficient (Wildman–Crippen LogP) is 4.74. The predicted molar refractivity (Wildman–Crippen MR) is 91.3 cm³/mol. The first-order valence-corrected chi connectivity index (χ1v) is 8.79. The van der Waals surface area contributed by atoms with Gasteiger partial charge in [0.1, 0.15) is 8.98 Å². The molecule has 0 saturated heterocycles. The SMILES string of the molecule is Cc1cc(C2C=CC3C(=O)C(Br)(Br)CC3C2)cc(C)c1O. The van der Waals surface area contributed by atoms with E-state index in [1.54, 1.807) is 0 Å². The molecule has 0 amide bonds. The molecule has 3 atom stereocenters. The van der Waals surface area contributed by atoms with Crippen LogP contribution in [0.2, 0.25) is 0 Å². The second kappa shape index (κ2) is 5.24. The van der Waals surface area contributed by atoms with Crippen LogP contribution < -0.4 is 0 Å². The summed E-state index contributed by atoms with van der Waals surface area (Å²) < 4.78 is -0.546. The number of benzene rings is 1. The molecule has 0 radical (unpaired) electrons. The van der Waals surface area contributed by atoms with Gasteiger partial charge in [-0.2, -0.15) is 0 Å². The van der Waals surface area contributed by atoms with Crippen LogP contribution in [0.1, 0.15) is 35.4 Å². The van der Waals surface area contributed by atoms with Gasteiger partial charge in [0.05, 0.1) is 0 Å². The van der Waals surface area contributed by atoms with Gasteiger partial charge in [-0.25, -0.2) is 0 Å². The van der Waals surface area contributed by atoms with Gasteiger partial charge >= 0.3 is 0 Å². The number of Topliss-reactive ketones (excluding diaryl/α,β-unsaturated/α-hetero) is 1. The van der Waals surface area contributed by atoms with E-state index in [2.05, 4.69) is 56.1 Å². The maximum Gasteiger partial charge on any atom is 0.167 e. The van der Waals surface area contributed by atoms with Gasteiger partial charge in [0, 0.05) is 11.8 Å². The third-order valence-corrected chi connectivity index (χ3v) is 6.17. The van der Waals surface area contributed by atoms with E-state index >= 15 is 0 Å². The molecule has 4 heteroatoms. The smallest absolute Gasteiger partial charge is 0.167 e. The Hall–Kier alpha value is -0.610. The Kier molecular flexibility index (Phi) is 3.81. The van der Waals surface area contributed by atoms with Gasteiger partial charge < -0.3 is 5.11 Å². The third-order valence-electron chi connectivity index (χ3n) is 4.74. The first-order valence-electron chi connectivity index (χ1n) is 7.20. The average molecular weight is 414 g/mol. The van der Waals surface area contributed by atoms with E-state index in [1.807, 2.05) is 13.8 Å². The molecule has 0 aromatic heterocycles. The van der Waals surface area contributed by atoms with Crippen LogP contribution >= 0.6 is 31.9 Å². The van der Waals surface area contributed by atoms with Gasteiger partial charge in [0.25, 0.3) is 0 Å². The number of hydrogen-bond donors (Lipinski definition) is 1. The minimum atomic E-state index is -0.546. The Morgan fingerprint density at radius 1 is 1.19 bits per heavy atom. The fourth-order valence-corrected chi connectivity index (χ4v) is 4.96. The van der Waals surface area contributed by atoms with E-state index in [9.17, 15) is 9.90 Å². The second-order valence-corrected chi connectivity index (χ2v) is 10.1. The topological polar surface area (TPSA) is 37.3 Å². The van der Waals surface area contributed by atoms with Crippen LogP contribution in [-0.4, -0.2) is 14.1 Å². The van der Waals surface area contributed by atoms with Crippen molar-refractivity contribution in [3.05, 3.63) is 41.0 Å². The lowest BCUT2D eigenvalue weighted by Gasteiger charge is -2.26. The number of allylic oxidation sites excluding steroid dienone is 2. The molecule has 1 N–H and O–H groups in total. The largest absolute Gasteiger partial charge is 0.507 e. The average Bonchev–Trinajstić information content (AvgIpc) is 2.65. The minimum Gasteiger partial charge on any atom is -0.507 e. The zero-order chi connectivity index (χ0) is 15.4. The van der Waals surface area contributed by atoms with Crippen molar-refractivity contribution in [1.29, 1.82) is 0 Å². The summed E-state index contributed by atoms with van der Waals surface area (Å²) in [5.41, 5.74) is 3.06. The van der Waals surface area contributed by atoms with Crippen molar-refractivity contribution >= 4 is 37.6 Å². The summed E-state index contributed by atoms with van der Waals surface area (Å²) >= 11 is 7.01. The van der Waals surface area contributed by atoms with E-state index in [0.717, 1.165) is 24.0 Å². The van der Waals surface area contributed by atoms with Crippen LogP contribution in [0.25, 0.3) is 0 Å². The summed E-state index contributed by atoms with van der Waals surface area (Å²) in [4.78, 5) is 12.3. The van der Waals surface area contributed by atoms with Crippen molar-refractivity contribution in [2.75, 3.05) is 0 Å². The monoisotopic (exact) mass is 412 g/mol. The van der Waals surface area contributed by atoms with E-state index in [1.165, 1.54) is 5.56 Å². The van der Waals surface area contributed by atoms with Crippen molar-refractivity contribution < 1.29 is 9.90 Å². The van der Waals surface area contributed by atoms with Crippen LogP contribution in [0.15, 0.2) is 24.3 Å². The molecule has 3 unspecified atom stereocenters. The highest BCUT2D eigenvalue weighted by Crippen LogP contribution is 2.52. The molecule has 0 bridgehead atoms. The standard InChI is InChI=1S/C17H18Br2O2/c1-9-5-12(6-10(2)15(9)20)11-3-4-14-13(7-11)8-17(18,19)16(14)21/h3-6,11,13-14,20H,7-8H2,1-2H3. The highest BCUT2D eigenvalue weighted by atomic mass is 79.9. The molecule has 1 aromatic rings. The zero-order valence-electron chi connectivity index (χ0n) is 12.1. The Balaban J connectivity index is 1.90. The normalized spacial score (nSPS) is 30.5. The van der Waals surface area contributed by atoms with Crippen molar-refractivity contribution in [3.63, 3.8) is 0 Å². The number of rotatable bonds is 1. The molecule has 1 aromatic carbocycles. The lowest BCUT2D eigenvalue weighted by molar-refractivity contribution is -0.120. The number of carbonyl (C=O) groups excluding carboxylic acids is 1. The van der Waals surface area contributed by atoms with E-state index < -0.39 is 3.23 Å². The highest BCUT2D eigenvalue weighted by molar-refractivity contribution is 9.25. The Labute approximate surface area is 141 Å². The van der Waals surface area contributed by atoms with Crippen LogP contribution in [-0.2, 0) is 4.79 Å². The number of aryl methyl sites for hydroxylation is 2. The van der Waals surface area contributed by atoms with Gasteiger partial charge in [-0.15, -0.1) is 0 Å². The molecule has 0 heterocycles. The van der Waals surface area contributed by atoms with Crippen LogP contribution in [0.3, 0.4) is 0 Å². The second-order valence-electron chi connectivity index (χ2n) is 6.29. The Morgan fingerprint density at radius 3 is 2.43 bits per heavy atom. The number of fused-ring (bicyclic) bond motifs is 1. The highest BCUT2D eigenvalue weighted by Gasteiger charge is 2.50. The molecule has 2 aliphatic carbocycles. The summed E-state index contributed by atoms with van der Waals surface area (Å²) in [6.45, 7) is 3.87. The number of phenolic OH excluding ortho intramolecular Hbond substituents is 1. The molecular formula is C17H18Br2O2.